The van der Waals surface area contributed by atoms with E-state index in [1.54, 1.807) is 6.92 Å². The van der Waals surface area contributed by atoms with E-state index in [9.17, 15) is 18.0 Å². The smallest absolute Gasteiger partial charge is 0.404 e. The SMILES string of the molecule is CC(N)(C(=O)Nc1ccccc1OC(F)(F)F)C1CC1. The summed E-state index contributed by atoms with van der Waals surface area (Å²) in [5, 5.41) is 2.41. The van der Waals surface area contributed by atoms with Crippen LogP contribution in [0.25, 0.3) is 0 Å². The summed E-state index contributed by atoms with van der Waals surface area (Å²) in [6.07, 6.45) is -3.12. The van der Waals surface area contributed by atoms with Crippen LogP contribution in [-0.4, -0.2) is 17.8 Å². The number of ether oxygens (including phenoxy) is 1. The zero-order chi connectivity index (χ0) is 15.0. The molecule has 1 atom stereocenters. The van der Waals surface area contributed by atoms with E-state index in [4.69, 9.17) is 5.73 Å². The molecule has 1 aromatic carbocycles. The van der Waals surface area contributed by atoms with Crippen molar-refractivity contribution in [1.82, 2.24) is 0 Å². The molecule has 4 nitrogen and oxygen atoms in total. The Hall–Kier alpha value is -1.76. The summed E-state index contributed by atoms with van der Waals surface area (Å²) in [5.41, 5.74) is 4.77. The van der Waals surface area contributed by atoms with Crippen molar-refractivity contribution in [3.05, 3.63) is 24.3 Å². The Balaban J connectivity index is 2.15. The zero-order valence-corrected chi connectivity index (χ0v) is 10.8. The number of carbonyl (C=O) groups is 1. The Morgan fingerprint density at radius 1 is 1.35 bits per heavy atom. The number of nitrogens with two attached hydrogens (primary N) is 1. The van der Waals surface area contributed by atoms with Gasteiger partial charge >= 0.3 is 6.36 Å². The normalized spacial score (nSPS) is 18.2. The first-order chi connectivity index (χ1) is 9.20. The predicted molar refractivity (Wildman–Crippen MR) is 67.1 cm³/mol. The number of benzene rings is 1. The van der Waals surface area contributed by atoms with Gasteiger partial charge in [-0.3, -0.25) is 4.79 Å². The summed E-state index contributed by atoms with van der Waals surface area (Å²) in [6, 6.07) is 5.36. The molecule has 1 unspecified atom stereocenters. The van der Waals surface area contributed by atoms with Crippen molar-refractivity contribution in [2.45, 2.75) is 31.7 Å². The molecular weight excluding hydrogens is 273 g/mol. The van der Waals surface area contributed by atoms with Crippen molar-refractivity contribution in [1.29, 1.82) is 0 Å². The van der Waals surface area contributed by atoms with Crippen molar-refractivity contribution in [2.24, 2.45) is 11.7 Å². The molecule has 7 heteroatoms. The Bertz CT molecular complexity index is 511. The van der Waals surface area contributed by atoms with E-state index in [1.807, 2.05) is 0 Å². The molecule has 1 amide bonds. The highest BCUT2D eigenvalue weighted by Crippen LogP contribution is 2.39. The molecule has 0 heterocycles. The van der Waals surface area contributed by atoms with Crippen LogP contribution >= 0.6 is 0 Å². The lowest BCUT2D eigenvalue weighted by molar-refractivity contribution is -0.274. The van der Waals surface area contributed by atoms with Crippen LogP contribution in [0.4, 0.5) is 18.9 Å². The summed E-state index contributed by atoms with van der Waals surface area (Å²) in [5.74, 6) is -0.906. The highest BCUT2D eigenvalue weighted by molar-refractivity contribution is 5.99. The average Bonchev–Trinajstić information content (AvgIpc) is 3.13. The predicted octanol–water partition coefficient (Wildman–Crippen LogP) is 2.65. The van der Waals surface area contributed by atoms with Gasteiger partial charge in [0.1, 0.15) is 0 Å². The number of anilines is 1. The molecule has 2 rings (SSSR count). The number of hydrogen-bond donors (Lipinski definition) is 2. The number of hydrogen-bond acceptors (Lipinski definition) is 3. The fourth-order valence-electron chi connectivity index (χ4n) is 1.91. The van der Waals surface area contributed by atoms with Gasteiger partial charge in [-0.25, -0.2) is 0 Å². The van der Waals surface area contributed by atoms with E-state index in [2.05, 4.69) is 10.1 Å². The van der Waals surface area contributed by atoms with Crippen LogP contribution in [0.1, 0.15) is 19.8 Å². The van der Waals surface area contributed by atoms with Crippen molar-refractivity contribution < 1.29 is 22.7 Å². The fraction of sp³-hybridized carbons (Fsp3) is 0.462. The lowest BCUT2D eigenvalue weighted by Crippen LogP contribution is -2.50. The van der Waals surface area contributed by atoms with Crippen LogP contribution in [0, 0.1) is 5.92 Å². The minimum Gasteiger partial charge on any atom is -0.404 e. The van der Waals surface area contributed by atoms with Crippen LogP contribution in [0.15, 0.2) is 24.3 Å². The first-order valence-corrected chi connectivity index (χ1v) is 6.15. The second-order valence-corrected chi connectivity index (χ2v) is 5.06. The zero-order valence-electron chi connectivity index (χ0n) is 10.8. The summed E-state index contributed by atoms with van der Waals surface area (Å²) < 4.78 is 40.7. The first-order valence-electron chi connectivity index (χ1n) is 6.15. The first kappa shape index (κ1) is 14.6. The van der Waals surface area contributed by atoms with Gasteiger partial charge in [-0.1, -0.05) is 12.1 Å². The number of amides is 1. The molecule has 20 heavy (non-hydrogen) atoms. The molecule has 1 aromatic rings. The maximum Gasteiger partial charge on any atom is 0.573 e. The number of rotatable bonds is 4. The maximum atomic E-state index is 12.3. The standard InChI is InChI=1S/C13H15F3N2O2/c1-12(17,8-6-7-8)11(19)18-9-4-2-3-5-10(9)20-13(14,15)16/h2-5,8H,6-7,17H2,1H3,(H,18,19). The highest BCUT2D eigenvalue weighted by atomic mass is 19.4. The number of carbonyl (C=O) groups excluding carboxylic acids is 1. The molecule has 1 fully saturated rings. The second-order valence-electron chi connectivity index (χ2n) is 5.06. The molecule has 0 radical (unpaired) electrons. The van der Waals surface area contributed by atoms with Crippen LogP contribution in [-0.2, 0) is 4.79 Å². The summed E-state index contributed by atoms with van der Waals surface area (Å²) in [4.78, 5) is 12.1. The topological polar surface area (TPSA) is 64.4 Å². The van der Waals surface area contributed by atoms with Gasteiger partial charge in [0.2, 0.25) is 5.91 Å². The molecule has 1 aliphatic rings. The lowest BCUT2D eigenvalue weighted by Gasteiger charge is -2.24. The van der Waals surface area contributed by atoms with Crippen molar-refractivity contribution in [2.75, 3.05) is 5.32 Å². The quantitative estimate of drug-likeness (QED) is 0.895. The van der Waals surface area contributed by atoms with Gasteiger partial charge in [0.25, 0.3) is 0 Å². The molecule has 0 saturated heterocycles. The molecule has 0 spiro atoms. The van der Waals surface area contributed by atoms with Gasteiger partial charge < -0.3 is 15.8 Å². The summed E-state index contributed by atoms with van der Waals surface area (Å²) in [7, 11) is 0. The van der Waals surface area contributed by atoms with Crippen LogP contribution < -0.4 is 15.8 Å². The number of para-hydroxylation sites is 2. The van der Waals surface area contributed by atoms with Gasteiger partial charge in [-0.15, -0.1) is 13.2 Å². The minimum atomic E-state index is -4.82. The van der Waals surface area contributed by atoms with E-state index >= 15 is 0 Å². The van der Waals surface area contributed by atoms with E-state index in [0.29, 0.717) is 0 Å². The molecular formula is C13H15F3N2O2. The van der Waals surface area contributed by atoms with Crippen LogP contribution in [0.3, 0.4) is 0 Å². The monoisotopic (exact) mass is 288 g/mol. The van der Waals surface area contributed by atoms with E-state index in [-0.39, 0.29) is 11.6 Å². The Morgan fingerprint density at radius 2 is 1.95 bits per heavy atom. The van der Waals surface area contributed by atoms with E-state index < -0.39 is 23.6 Å². The van der Waals surface area contributed by atoms with Gasteiger partial charge in [-0.05, 0) is 37.8 Å². The fourth-order valence-corrected chi connectivity index (χ4v) is 1.91. The largest absolute Gasteiger partial charge is 0.573 e. The molecule has 0 bridgehead atoms. The van der Waals surface area contributed by atoms with Gasteiger partial charge in [-0.2, -0.15) is 0 Å². The van der Waals surface area contributed by atoms with Crippen LogP contribution in [0.2, 0.25) is 0 Å². The Labute approximate surface area is 114 Å². The van der Waals surface area contributed by atoms with Crippen molar-refractivity contribution in [3.63, 3.8) is 0 Å². The third-order valence-electron chi connectivity index (χ3n) is 3.28. The molecule has 0 aromatic heterocycles. The van der Waals surface area contributed by atoms with Gasteiger partial charge in [0, 0.05) is 0 Å². The van der Waals surface area contributed by atoms with Gasteiger partial charge in [0.15, 0.2) is 5.75 Å². The molecule has 0 aliphatic heterocycles. The molecule has 1 aliphatic carbocycles. The highest BCUT2D eigenvalue weighted by Gasteiger charge is 2.44. The second kappa shape index (κ2) is 4.97. The van der Waals surface area contributed by atoms with Crippen molar-refractivity contribution in [3.8, 4) is 5.75 Å². The van der Waals surface area contributed by atoms with E-state index in [1.165, 1.54) is 18.2 Å². The average molecular weight is 288 g/mol. The third-order valence-corrected chi connectivity index (χ3v) is 3.28. The maximum absolute atomic E-state index is 12.3. The molecule has 1 saturated carbocycles. The number of alkyl halides is 3. The third kappa shape index (κ3) is 3.41. The summed E-state index contributed by atoms with van der Waals surface area (Å²) >= 11 is 0. The summed E-state index contributed by atoms with van der Waals surface area (Å²) in [6.45, 7) is 1.58. The molecule has 110 valence electrons. The minimum absolute atomic E-state index is 0.0489. The van der Waals surface area contributed by atoms with E-state index in [0.717, 1.165) is 18.9 Å². The molecule has 3 N–H and O–H groups in total. The van der Waals surface area contributed by atoms with Crippen LogP contribution in [0.5, 0.6) is 5.75 Å². The van der Waals surface area contributed by atoms with Crippen molar-refractivity contribution >= 4 is 11.6 Å². The lowest BCUT2D eigenvalue weighted by atomic mass is 9.96. The Kier molecular flexibility index (Phi) is 3.64. The Morgan fingerprint density at radius 3 is 2.50 bits per heavy atom. The van der Waals surface area contributed by atoms with Gasteiger partial charge in [0.05, 0.1) is 11.2 Å². The number of halogens is 3. The number of nitrogens with one attached hydrogen (secondary N) is 1.